The van der Waals surface area contributed by atoms with Crippen LogP contribution < -0.4 is 0 Å². The van der Waals surface area contributed by atoms with Crippen molar-refractivity contribution in [2.24, 2.45) is 4.99 Å². The Bertz CT molecular complexity index is 396. The van der Waals surface area contributed by atoms with E-state index in [0.29, 0.717) is 18.6 Å². The molecule has 3 nitrogen and oxygen atoms in total. The highest BCUT2D eigenvalue weighted by Crippen LogP contribution is 2.25. The van der Waals surface area contributed by atoms with Gasteiger partial charge in [0.1, 0.15) is 0 Å². The molecule has 0 bridgehead atoms. The van der Waals surface area contributed by atoms with Crippen molar-refractivity contribution in [2.45, 2.75) is 6.42 Å². The van der Waals surface area contributed by atoms with Crippen molar-refractivity contribution < 1.29 is 9.53 Å². The Labute approximate surface area is 82.4 Å². The van der Waals surface area contributed by atoms with Crippen LogP contribution in [0, 0.1) is 0 Å². The van der Waals surface area contributed by atoms with E-state index in [1.807, 2.05) is 24.3 Å². The summed E-state index contributed by atoms with van der Waals surface area (Å²) in [4.78, 5) is 16.0. The van der Waals surface area contributed by atoms with Crippen LogP contribution in [-0.4, -0.2) is 25.2 Å². The highest BCUT2D eigenvalue weighted by atomic mass is 16.5. The lowest BCUT2D eigenvalue weighted by Gasteiger charge is -2.13. The van der Waals surface area contributed by atoms with Crippen molar-refractivity contribution in [3.8, 4) is 0 Å². The Kier molecular flexibility index (Phi) is 2.41. The SMILES string of the molecule is COCC1=Nc2ccccc2C(=O)C1. The molecule has 0 fully saturated rings. The van der Waals surface area contributed by atoms with Crippen molar-refractivity contribution in [1.82, 2.24) is 0 Å². The van der Waals surface area contributed by atoms with Gasteiger partial charge in [0.2, 0.25) is 0 Å². The Morgan fingerprint density at radius 3 is 3.00 bits per heavy atom. The van der Waals surface area contributed by atoms with Crippen LogP contribution in [0.4, 0.5) is 5.69 Å². The van der Waals surface area contributed by atoms with Crippen molar-refractivity contribution >= 4 is 17.2 Å². The average molecular weight is 189 g/mol. The summed E-state index contributed by atoms with van der Waals surface area (Å²) in [5, 5.41) is 0. The molecule has 0 aromatic heterocycles. The highest BCUT2D eigenvalue weighted by Gasteiger charge is 2.18. The van der Waals surface area contributed by atoms with E-state index in [1.165, 1.54) is 0 Å². The molecule has 0 saturated heterocycles. The molecule has 0 spiro atoms. The summed E-state index contributed by atoms with van der Waals surface area (Å²) in [6.45, 7) is 0.431. The number of hydrogen-bond acceptors (Lipinski definition) is 3. The lowest BCUT2D eigenvalue weighted by molar-refractivity contribution is 0.0997. The molecule has 1 heterocycles. The molecule has 0 atom stereocenters. The van der Waals surface area contributed by atoms with Crippen LogP contribution in [0.25, 0.3) is 0 Å². The molecule has 0 aliphatic carbocycles. The third kappa shape index (κ3) is 1.59. The van der Waals surface area contributed by atoms with Gasteiger partial charge in [0.05, 0.1) is 24.4 Å². The maximum Gasteiger partial charge on any atom is 0.170 e. The zero-order valence-electron chi connectivity index (χ0n) is 7.99. The lowest BCUT2D eigenvalue weighted by Crippen LogP contribution is -2.17. The number of methoxy groups -OCH3 is 1. The Morgan fingerprint density at radius 1 is 1.43 bits per heavy atom. The summed E-state index contributed by atoms with van der Waals surface area (Å²) in [6.07, 6.45) is 0.380. The number of hydrogen-bond donors (Lipinski definition) is 0. The van der Waals surface area contributed by atoms with Gasteiger partial charge >= 0.3 is 0 Å². The molecule has 1 aliphatic heterocycles. The van der Waals surface area contributed by atoms with Gasteiger partial charge in [-0.2, -0.15) is 0 Å². The molecule has 0 amide bonds. The first-order valence-electron chi connectivity index (χ1n) is 4.49. The number of carbonyl (C=O) groups is 1. The Balaban J connectivity index is 2.40. The summed E-state index contributed by atoms with van der Waals surface area (Å²) >= 11 is 0. The molecule has 1 aromatic rings. The summed E-state index contributed by atoms with van der Waals surface area (Å²) in [7, 11) is 1.60. The number of para-hydroxylation sites is 1. The predicted molar refractivity (Wildman–Crippen MR) is 54.4 cm³/mol. The van der Waals surface area contributed by atoms with E-state index in [-0.39, 0.29) is 5.78 Å². The highest BCUT2D eigenvalue weighted by molar-refractivity contribution is 6.16. The van der Waals surface area contributed by atoms with Gasteiger partial charge in [0.25, 0.3) is 0 Å². The summed E-state index contributed by atoms with van der Waals surface area (Å²) in [5.74, 6) is 0.127. The number of nitrogens with zero attached hydrogens (tertiary/aromatic N) is 1. The second kappa shape index (κ2) is 3.72. The zero-order valence-corrected chi connectivity index (χ0v) is 7.99. The van der Waals surface area contributed by atoms with Crippen molar-refractivity contribution in [2.75, 3.05) is 13.7 Å². The smallest absolute Gasteiger partial charge is 0.170 e. The topological polar surface area (TPSA) is 38.7 Å². The van der Waals surface area contributed by atoms with E-state index in [0.717, 1.165) is 11.4 Å². The molecule has 0 unspecified atom stereocenters. The van der Waals surface area contributed by atoms with E-state index in [1.54, 1.807) is 7.11 Å². The minimum atomic E-state index is 0.127. The summed E-state index contributed by atoms with van der Waals surface area (Å²) in [6, 6.07) is 7.39. The van der Waals surface area contributed by atoms with E-state index >= 15 is 0 Å². The van der Waals surface area contributed by atoms with Crippen LogP contribution in [0.2, 0.25) is 0 Å². The second-order valence-corrected chi connectivity index (χ2v) is 3.23. The van der Waals surface area contributed by atoms with E-state index < -0.39 is 0 Å². The maximum atomic E-state index is 11.6. The van der Waals surface area contributed by atoms with Crippen LogP contribution in [0.15, 0.2) is 29.3 Å². The third-order valence-electron chi connectivity index (χ3n) is 2.16. The number of ketones is 1. The molecule has 0 N–H and O–H groups in total. The van der Waals surface area contributed by atoms with Gasteiger partial charge in [-0.15, -0.1) is 0 Å². The summed E-state index contributed by atoms with van der Waals surface area (Å²) in [5.41, 5.74) is 2.28. The third-order valence-corrected chi connectivity index (χ3v) is 2.16. The molecule has 1 aliphatic rings. The number of ether oxygens (including phenoxy) is 1. The molecule has 3 heteroatoms. The first kappa shape index (κ1) is 9.09. The van der Waals surface area contributed by atoms with Gasteiger partial charge in [-0.1, -0.05) is 12.1 Å². The zero-order chi connectivity index (χ0) is 9.97. The number of carbonyl (C=O) groups excluding carboxylic acids is 1. The quantitative estimate of drug-likeness (QED) is 0.713. The Hall–Kier alpha value is -1.48. The molecule has 1 aromatic carbocycles. The molecule has 2 rings (SSSR count). The molecular formula is C11H11NO2. The van der Waals surface area contributed by atoms with Crippen LogP contribution >= 0.6 is 0 Å². The molecule has 0 saturated carbocycles. The van der Waals surface area contributed by atoms with Crippen molar-refractivity contribution in [3.05, 3.63) is 29.8 Å². The normalized spacial score (nSPS) is 14.9. The standard InChI is InChI=1S/C11H11NO2/c1-14-7-8-6-11(13)9-4-2-3-5-10(9)12-8/h2-5H,6-7H2,1H3. The summed E-state index contributed by atoms with van der Waals surface area (Å²) < 4.78 is 4.96. The fraction of sp³-hybridized carbons (Fsp3) is 0.273. The van der Waals surface area contributed by atoms with Gasteiger partial charge in [0, 0.05) is 12.7 Å². The number of aliphatic imine (C=N–C) groups is 1. The first-order chi connectivity index (χ1) is 6.81. The van der Waals surface area contributed by atoms with Crippen LogP contribution in [-0.2, 0) is 4.74 Å². The lowest BCUT2D eigenvalue weighted by atomic mass is 10.0. The largest absolute Gasteiger partial charge is 0.379 e. The fourth-order valence-electron chi connectivity index (χ4n) is 1.55. The van der Waals surface area contributed by atoms with Gasteiger partial charge in [-0.25, -0.2) is 0 Å². The van der Waals surface area contributed by atoms with Crippen LogP contribution in [0.1, 0.15) is 16.8 Å². The van der Waals surface area contributed by atoms with Gasteiger partial charge in [-0.3, -0.25) is 9.79 Å². The number of rotatable bonds is 2. The second-order valence-electron chi connectivity index (χ2n) is 3.23. The molecule has 14 heavy (non-hydrogen) atoms. The monoisotopic (exact) mass is 189 g/mol. The fourth-order valence-corrected chi connectivity index (χ4v) is 1.55. The van der Waals surface area contributed by atoms with Crippen LogP contribution in [0.3, 0.4) is 0 Å². The number of benzene rings is 1. The first-order valence-corrected chi connectivity index (χ1v) is 4.49. The minimum absolute atomic E-state index is 0.127. The predicted octanol–water partition coefficient (Wildman–Crippen LogP) is 1.99. The molecular weight excluding hydrogens is 178 g/mol. The van der Waals surface area contributed by atoms with Gasteiger partial charge in [-0.05, 0) is 12.1 Å². The Morgan fingerprint density at radius 2 is 2.21 bits per heavy atom. The molecule has 0 radical (unpaired) electrons. The van der Waals surface area contributed by atoms with E-state index in [4.69, 9.17) is 4.74 Å². The number of Topliss-reactive ketones (excluding diaryl/α,β-unsaturated/α-hetero) is 1. The number of fused-ring (bicyclic) bond motifs is 1. The van der Waals surface area contributed by atoms with Crippen molar-refractivity contribution in [3.63, 3.8) is 0 Å². The van der Waals surface area contributed by atoms with E-state index in [9.17, 15) is 4.79 Å². The minimum Gasteiger partial charge on any atom is -0.379 e. The maximum absolute atomic E-state index is 11.6. The van der Waals surface area contributed by atoms with Gasteiger partial charge in [0.15, 0.2) is 5.78 Å². The van der Waals surface area contributed by atoms with Crippen LogP contribution in [0.5, 0.6) is 0 Å². The van der Waals surface area contributed by atoms with E-state index in [2.05, 4.69) is 4.99 Å². The van der Waals surface area contributed by atoms with Crippen molar-refractivity contribution in [1.29, 1.82) is 0 Å². The van der Waals surface area contributed by atoms with Gasteiger partial charge < -0.3 is 4.74 Å². The average Bonchev–Trinajstić information content (AvgIpc) is 2.18. The molecule has 72 valence electrons.